The van der Waals surface area contributed by atoms with Crippen molar-refractivity contribution in [2.24, 2.45) is 11.8 Å². The SMILES string of the molecule is Cc1cc(-c2ccc(OCC(C)CC(C)C)c(C(F)(F)F)c2)ncn1. The molecule has 3 nitrogen and oxygen atoms in total. The van der Waals surface area contributed by atoms with Crippen molar-refractivity contribution < 1.29 is 17.9 Å². The lowest BCUT2D eigenvalue weighted by Gasteiger charge is -2.19. The van der Waals surface area contributed by atoms with Crippen molar-refractivity contribution in [3.05, 3.63) is 41.9 Å². The molecule has 1 heterocycles. The quantitative estimate of drug-likeness (QED) is 0.685. The summed E-state index contributed by atoms with van der Waals surface area (Å²) in [5.41, 5.74) is 0.762. The number of hydrogen-bond donors (Lipinski definition) is 0. The smallest absolute Gasteiger partial charge is 0.419 e. The lowest BCUT2D eigenvalue weighted by Crippen LogP contribution is -2.14. The van der Waals surface area contributed by atoms with E-state index in [4.69, 9.17) is 4.74 Å². The van der Waals surface area contributed by atoms with Gasteiger partial charge in [0.2, 0.25) is 0 Å². The Morgan fingerprint density at radius 3 is 2.40 bits per heavy atom. The summed E-state index contributed by atoms with van der Waals surface area (Å²) in [5, 5.41) is 0. The first-order valence-corrected chi connectivity index (χ1v) is 8.30. The van der Waals surface area contributed by atoms with E-state index in [1.807, 2.05) is 6.92 Å². The van der Waals surface area contributed by atoms with Gasteiger partial charge in [-0.1, -0.05) is 20.8 Å². The number of halogens is 3. The van der Waals surface area contributed by atoms with E-state index in [0.29, 0.717) is 22.9 Å². The molecular formula is C19H23F3N2O. The Kier molecular flexibility index (Phi) is 6.03. The van der Waals surface area contributed by atoms with Crippen LogP contribution in [0, 0.1) is 18.8 Å². The van der Waals surface area contributed by atoms with Crippen molar-refractivity contribution in [2.75, 3.05) is 6.61 Å². The van der Waals surface area contributed by atoms with Crippen LogP contribution < -0.4 is 4.74 Å². The Labute approximate surface area is 146 Å². The highest BCUT2D eigenvalue weighted by atomic mass is 19.4. The highest BCUT2D eigenvalue weighted by Gasteiger charge is 2.35. The van der Waals surface area contributed by atoms with Crippen molar-refractivity contribution in [1.82, 2.24) is 9.97 Å². The average molecular weight is 352 g/mol. The van der Waals surface area contributed by atoms with Gasteiger partial charge >= 0.3 is 6.18 Å². The standard InChI is InChI=1S/C19H23F3N2O/c1-12(2)7-13(3)10-25-18-6-5-15(9-16(18)19(20,21)22)17-8-14(4)23-11-24-17/h5-6,8-9,11-13H,7,10H2,1-4H3. The molecule has 1 aromatic carbocycles. The Morgan fingerprint density at radius 1 is 1.08 bits per heavy atom. The molecule has 25 heavy (non-hydrogen) atoms. The van der Waals surface area contributed by atoms with Crippen LogP contribution in [-0.2, 0) is 6.18 Å². The van der Waals surface area contributed by atoms with Crippen LogP contribution in [0.15, 0.2) is 30.6 Å². The second-order valence-electron chi connectivity index (χ2n) is 6.80. The Morgan fingerprint density at radius 2 is 1.80 bits per heavy atom. The van der Waals surface area contributed by atoms with Gasteiger partial charge in [0, 0.05) is 11.3 Å². The zero-order chi connectivity index (χ0) is 18.6. The van der Waals surface area contributed by atoms with Gasteiger partial charge < -0.3 is 4.74 Å². The molecule has 0 saturated carbocycles. The molecule has 0 aliphatic carbocycles. The number of nitrogens with zero attached hydrogens (tertiary/aromatic N) is 2. The normalized spacial score (nSPS) is 13.1. The van der Waals surface area contributed by atoms with Gasteiger partial charge in [0.25, 0.3) is 0 Å². The summed E-state index contributed by atoms with van der Waals surface area (Å²) in [6.45, 7) is 8.16. The van der Waals surface area contributed by atoms with E-state index in [0.717, 1.165) is 12.5 Å². The number of hydrogen-bond acceptors (Lipinski definition) is 3. The second kappa shape index (κ2) is 7.85. The van der Waals surface area contributed by atoms with Crippen molar-refractivity contribution in [3.63, 3.8) is 0 Å². The van der Waals surface area contributed by atoms with E-state index < -0.39 is 11.7 Å². The first-order chi connectivity index (χ1) is 11.7. The summed E-state index contributed by atoms with van der Waals surface area (Å²) >= 11 is 0. The maximum atomic E-state index is 13.4. The molecule has 1 unspecified atom stereocenters. The lowest BCUT2D eigenvalue weighted by atomic mass is 10.00. The van der Waals surface area contributed by atoms with Gasteiger partial charge in [0.15, 0.2) is 0 Å². The molecule has 0 aliphatic rings. The topological polar surface area (TPSA) is 35.0 Å². The molecule has 6 heteroatoms. The van der Waals surface area contributed by atoms with Crippen LogP contribution >= 0.6 is 0 Å². The van der Waals surface area contributed by atoms with Crippen LogP contribution in [0.25, 0.3) is 11.3 Å². The first kappa shape index (κ1) is 19.2. The highest BCUT2D eigenvalue weighted by molar-refractivity contribution is 5.62. The van der Waals surface area contributed by atoms with E-state index in [-0.39, 0.29) is 18.3 Å². The van der Waals surface area contributed by atoms with Gasteiger partial charge in [-0.05, 0) is 49.4 Å². The Bertz CT molecular complexity index is 714. The van der Waals surface area contributed by atoms with Crippen molar-refractivity contribution in [1.29, 1.82) is 0 Å². The zero-order valence-corrected chi connectivity index (χ0v) is 14.9. The molecule has 0 aliphatic heterocycles. The zero-order valence-electron chi connectivity index (χ0n) is 14.9. The summed E-state index contributed by atoms with van der Waals surface area (Å²) in [5.74, 6) is 0.520. The van der Waals surface area contributed by atoms with Crippen molar-refractivity contribution in [2.45, 2.75) is 40.3 Å². The fraction of sp³-hybridized carbons (Fsp3) is 0.474. The fourth-order valence-electron chi connectivity index (χ4n) is 2.75. The molecule has 2 rings (SSSR count). The number of benzene rings is 1. The van der Waals surface area contributed by atoms with Crippen molar-refractivity contribution in [3.8, 4) is 17.0 Å². The molecule has 0 spiro atoms. The van der Waals surface area contributed by atoms with Gasteiger partial charge in [-0.25, -0.2) is 9.97 Å². The Balaban J connectivity index is 2.29. The maximum Gasteiger partial charge on any atom is 0.419 e. The van der Waals surface area contributed by atoms with Crippen LogP contribution in [0.3, 0.4) is 0 Å². The summed E-state index contributed by atoms with van der Waals surface area (Å²) in [7, 11) is 0. The summed E-state index contributed by atoms with van der Waals surface area (Å²) in [6.07, 6.45) is -2.25. The third-order valence-corrected chi connectivity index (χ3v) is 3.78. The molecule has 0 saturated heterocycles. The number of alkyl halides is 3. The maximum absolute atomic E-state index is 13.4. The molecule has 1 atom stereocenters. The summed E-state index contributed by atoms with van der Waals surface area (Å²) in [4.78, 5) is 8.02. The van der Waals surface area contributed by atoms with Gasteiger partial charge in [0.1, 0.15) is 12.1 Å². The number of aromatic nitrogens is 2. The Hall–Kier alpha value is -2.11. The second-order valence-corrected chi connectivity index (χ2v) is 6.80. The van der Waals surface area contributed by atoms with Gasteiger partial charge in [-0.2, -0.15) is 13.2 Å². The van der Waals surface area contributed by atoms with Crippen LogP contribution in [-0.4, -0.2) is 16.6 Å². The van der Waals surface area contributed by atoms with E-state index in [9.17, 15) is 13.2 Å². The summed E-state index contributed by atoms with van der Waals surface area (Å²) in [6, 6.07) is 5.71. The van der Waals surface area contributed by atoms with E-state index >= 15 is 0 Å². The van der Waals surface area contributed by atoms with E-state index in [1.165, 1.54) is 12.4 Å². The van der Waals surface area contributed by atoms with E-state index in [1.54, 1.807) is 19.1 Å². The van der Waals surface area contributed by atoms with Crippen LogP contribution in [0.4, 0.5) is 13.2 Å². The van der Waals surface area contributed by atoms with Crippen LogP contribution in [0.5, 0.6) is 5.75 Å². The van der Waals surface area contributed by atoms with Gasteiger partial charge in [-0.15, -0.1) is 0 Å². The molecule has 0 amide bonds. The molecular weight excluding hydrogens is 329 g/mol. The lowest BCUT2D eigenvalue weighted by molar-refractivity contribution is -0.139. The first-order valence-electron chi connectivity index (χ1n) is 8.30. The highest BCUT2D eigenvalue weighted by Crippen LogP contribution is 2.38. The molecule has 0 bridgehead atoms. The molecule has 2 aromatic rings. The van der Waals surface area contributed by atoms with Gasteiger partial charge in [-0.3, -0.25) is 0 Å². The predicted molar refractivity (Wildman–Crippen MR) is 91.3 cm³/mol. The molecule has 0 radical (unpaired) electrons. The molecule has 136 valence electrons. The minimum atomic E-state index is -4.49. The number of aryl methyl sites for hydroxylation is 1. The largest absolute Gasteiger partial charge is 0.493 e. The monoisotopic (exact) mass is 352 g/mol. The fourth-order valence-corrected chi connectivity index (χ4v) is 2.75. The van der Waals surface area contributed by atoms with Gasteiger partial charge in [0.05, 0.1) is 17.9 Å². The minimum absolute atomic E-state index is 0.141. The third kappa shape index (κ3) is 5.44. The predicted octanol–water partition coefficient (Wildman–Crippen LogP) is 5.53. The molecule has 1 aromatic heterocycles. The van der Waals surface area contributed by atoms with Crippen molar-refractivity contribution >= 4 is 0 Å². The van der Waals surface area contributed by atoms with E-state index in [2.05, 4.69) is 23.8 Å². The number of rotatable bonds is 6. The molecule has 0 N–H and O–H groups in total. The number of ether oxygens (including phenoxy) is 1. The minimum Gasteiger partial charge on any atom is -0.493 e. The average Bonchev–Trinajstić information content (AvgIpc) is 2.51. The van der Waals surface area contributed by atoms with Crippen LogP contribution in [0.2, 0.25) is 0 Å². The third-order valence-electron chi connectivity index (χ3n) is 3.78. The van der Waals surface area contributed by atoms with Crippen LogP contribution in [0.1, 0.15) is 38.4 Å². The molecule has 0 fully saturated rings. The summed E-state index contributed by atoms with van der Waals surface area (Å²) < 4.78 is 45.8.